The van der Waals surface area contributed by atoms with Gasteiger partial charge in [0.2, 0.25) is 0 Å². The monoisotopic (exact) mass is 252 g/mol. The molecule has 2 rings (SSSR count). The van der Waals surface area contributed by atoms with E-state index in [1.54, 1.807) is 0 Å². The van der Waals surface area contributed by atoms with Gasteiger partial charge in [-0.2, -0.15) is 0 Å². The number of rotatable bonds is 3. The summed E-state index contributed by atoms with van der Waals surface area (Å²) in [6.07, 6.45) is 11.1. The van der Waals surface area contributed by atoms with E-state index in [1.807, 2.05) is 0 Å². The van der Waals surface area contributed by atoms with E-state index in [4.69, 9.17) is 5.84 Å². The van der Waals surface area contributed by atoms with Crippen LogP contribution in [0.15, 0.2) is 0 Å². The number of hydrazine groups is 1. The van der Waals surface area contributed by atoms with Crippen LogP contribution >= 0.6 is 0 Å². The lowest BCUT2D eigenvalue weighted by molar-refractivity contribution is 0.0565. The van der Waals surface area contributed by atoms with Crippen LogP contribution in [0.25, 0.3) is 0 Å². The van der Waals surface area contributed by atoms with E-state index in [0.29, 0.717) is 11.5 Å². The Kier molecular flexibility index (Phi) is 4.71. The second-order valence-corrected chi connectivity index (χ2v) is 7.57. The van der Waals surface area contributed by atoms with Crippen LogP contribution < -0.4 is 11.3 Å². The Hall–Kier alpha value is -0.0800. The van der Waals surface area contributed by atoms with Crippen molar-refractivity contribution in [2.45, 2.75) is 78.2 Å². The summed E-state index contributed by atoms with van der Waals surface area (Å²) in [5, 5.41) is 0. The van der Waals surface area contributed by atoms with Crippen molar-refractivity contribution in [1.29, 1.82) is 0 Å². The Morgan fingerprint density at radius 2 is 1.89 bits per heavy atom. The first-order valence-electron chi connectivity index (χ1n) is 8.00. The van der Waals surface area contributed by atoms with Crippen molar-refractivity contribution in [3.05, 3.63) is 0 Å². The molecule has 2 nitrogen and oxygen atoms in total. The van der Waals surface area contributed by atoms with Crippen LogP contribution in [0.5, 0.6) is 0 Å². The highest BCUT2D eigenvalue weighted by Crippen LogP contribution is 2.46. The van der Waals surface area contributed by atoms with Gasteiger partial charge in [0.25, 0.3) is 0 Å². The SMILES string of the molecule is CC1CCCC(C(NN)C2CCCCC2(C)C)C1. The van der Waals surface area contributed by atoms with E-state index < -0.39 is 0 Å². The number of nitrogens with one attached hydrogen (secondary N) is 1. The molecule has 0 spiro atoms. The molecule has 2 aliphatic rings. The highest BCUT2D eigenvalue weighted by Gasteiger charge is 2.41. The van der Waals surface area contributed by atoms with E-state index in [2.05, 4.69) is 26.2 Å². The third-order valence-corrected chi connectivity index (χ3v) is 5.70. The lowest BCUT2D eigenvalue weighted by atomic mass is 9.62. The van der Waals surface area contributed by atoms with Crippen LogP contribution in [0.2, 0.25) is 0 Å². The number of nitrogens with two attached hydrogens (primary N) is 1. The van der Waals surface area contributed by atoms with Gasteiger partial charge in [-0.15, -0.1) is 0 Å². The first kappa shape index (κ1) is 14.3. The van der Waals surface area contributed by atoms with Gasteiger partial charge in [0.15, 0.2) is 0 Å². The molecule has 0 heterocycles. The van der Waals surface area contributed by atoms with Crippen LogP contribution in [0.1, 0.15) is 72.1 Å². The maximum Gasteiger partial charge on any atom is 0.0272 e. The van der Waals surface area contributed by atoms with Gasteiger partial charge in [0.05, 0.1) is 0 Å². The van der Waals surface area contributed by atoms with Gasteiger partial charge in [0, 0.05) is 6.04 Å². The zero-order valence-corrected chi connectivity index (χ0v) is 12.5. The first-order chi connectivity index (χ1) is 8.54. The van der Waals surface area contributed by atoms with Gasteiger partial charge in [-0.05, 0) is 48.9 Å². The predicted octanol–water partition coefficient (Wildman–Crippen LogP) is 3.86. The van der Waals surface area contributed by atoms with Crippen molar-refractivity contribution >= 4 is 0 Å². The van der Waals surface area contributed by atoms with Crippen LogP contribution in [0, 0.1) is 23.2 Å². The molecule has 2 heteroatoms. The third-order valence-electron chi connectivity index (χ3n) is 5.70. The van der Waals surface area contributed by atoms with E-state index in [9.17, 15) is 0 Å². The smallest absolute Gasteiger partial charge is 0.0272 e. The van der Waals surface area contributed by atoms with Crippen molar-refractivity contribution in [3.63, 3.8) is 0 Å². The molecule has 3 N–H and O–H groups in total. The average Bonchev–Trinajstić information content (AvgIpc) is 2.32. The van der Waals surface area contributed by atoms with E-state index >= 15 is 0 Å². The molecule has 106 valence electrons. The number of hydrogen-bond donors (Lipinski definition) is 2. The van der Waals surface area contributed by atoms with E-state index in [1.165, 1.54) is 51.4 Å². The van der Waals surface area contributed by atoms with Crippen molar-refractivity contribution < 1.29 is 0 Å². The fourth-order valence-corrected chi connectivity index (χ4v) is 4.57. The van der Waals surface area contributed by atoms with Crippen LogP contribution in [-0.4, -0.2) is 6.04 Å². The van der Waals surface area contributed by atoms with Gasteiger partial charge >= 0.3 is 0 Å². The van der Waals surface area contributed by atoms with Crippen molar-refractivity contribution in [3.8, 4) is 0 Å². The Bertz CT molecular complexity index is 262. The molecule has 0 aromatic carbocycles. The number of hydrogen-bond acceptors (Lipinski definition) is 2. The molecule has 2 saturated carbocycles. The Balaban J connectivity index is 2.06. The molecule has 0 saturated heterocycles. The highest BCUT2D eigenvalue weighted by atomic mass is 15.2. The molecule has 0 bridgehead atoms. The largest absolute Gasteiger partial charge is 0.271 e. The van der Waals surface area contributed by atoms with E-state index in [-0.39, 0.29) is 0 Å². The summed E-state index contributed by atoms with van der Waals surface area (Å²) < 4.78 is 0. The van der Waals surface area contributed by atoms with Crippen LogP contribution in [0.4, 0.5) is 0 Å². The van der Waals surface area contributed by atoms with Crippen LogP contribution in [-0.2, 0) is 0 Å². The molecule has 0 aromatic rings. The minimum Gasteiger partial charge on any atom is -0.271 e. The summed E-state index contributed by atoms with van der Waals surface area (Å²) in [5.74, 6) is 8.42. The molecule has 0 aliphatic heterocycles. The first-order valence-corrected chi connectivity index (χ1v) is 8.00. The van der Waals surface area contributed by atoms with Crippen molar-refractivity contribution in [2.24, 2.45) is 29.0 Å². The molecule has 4 unspecified atom stereocenters. The fraction of sp³-hybridized carbons (Fsp3) is 1.00. The van der Waals surface area contributed by atoms with E-state index in [0.717, 1.165) is 17.8 Å². The second-order valence-electron chi connectivity index (χ2n) is 7.57. The standard InChI is InChI=1S/C16H32N2/c1-12-7-6-8-13(11-12)15(18-17)14-9-4-5-10-16(14,2)3/h12-15,18H,4-11,17H2,1-3H3. The zero-order chi connectivity index (χ0) is 13.2. The summed E-state index contributed by atoms with van der Waals surface area (Å²) >= 11 is 0. The van der Waals surface area contributed by atoms with Gasteiger partial charge < -0.3 is 0 Å². The normalized spacial score (nSPS) is 38.3. The van der Waals surface area contributed by atoms with Gasteiger partial charge in [-0.25, -0.2) is 0 Å². The molecule has 2 aliphatic carbocycles. The lowest BCUT2D eigenvalue weighted by Crippen LogP contribution is -2.52. The highest BCUT2D eigenvalue weighted by molar-refractivity contribution is 4.93. The molecule has 2 fully saturated rings. The second kappa shape index (κ2) is 5.92. The maximum absolute atomic E-state index is 5.95. The molecule has 0 amide bonds. The summed E-state index contributed by atoms with van der Waals surface area (Å²) in [6, 6.07) is 0.544. The molecule has 4 atom stereocenters. The van der Waals surface area contributed by atoms with Crippen molar-refractivity contribution in [2.75, 3.05) is 0 Å². The predicted molar refractivity (Wildman–Crippen MR) is 78.0 cm³/mol. The quantitative estimate of drug-likeness (QED) is 0.591. The van der Waals surface area contributed by atoms with Crippen molar-refractivity contribution in [1.82, 2.24) is 5.43 Å². The minimum absolute atomic E-state index is 0.468. The van der Waals surface area contributed by atoms with Crippen LogP contribution in [0.3, 0.4) is 0 Å². The summed E-state index contributed by atoms with van der Waals surface area (Å²) in [4.78, 5) is 0. The summed E-state index contributed by atoms with van der Waals surface area (Å²) in [6.45, 7) is 7.31. The molecule has 18 heavy (non-hydrogen) atoms. The third kappa shape index (κ3) is 3.08. The summed E-state index contributed by atoms with van der Waals surface area (Å²) in [7, 11) is 0. The Morgan fingerprint density at radius 1 is 1.11 bits per heavy atom. The van der Waals surface area contributed by atoms with Gasteiger partial charge in [-0.1, -0.05) is 46.5 Å². The topological polar surface area (TPSA) is 38.0 Å². The maximum atomic E-state index is 5.95. The minimum atomic E-state index is 0.468. The lowest BCUT2D eigenvalue weighted by Gasteiger charge is -2.47. The molecular weight excluding hydrogens is 220 g/mol. The molecule has 0 radical (unpaired) electrons. The molecule has 0 aromatic heterocycles. The molecular formula is C16H32N2. The zero-order valence-electron chi connectivity index (χ0n) is 12.5. The fourth-order valence-electron chi connectivity index (χ4n) is 4.57. The average molecular weight is 252 g/mol. The van der Waals surface area contributed by atoms with Gasteiger partial charge in [0.1, 0.15) is 0 Å². The Labute approximate surface area is 113 Å². The Morgan fingerprint density at radius 3 is 2.50 bits per heavy atom. The summed E-state index contributed by atoms with van der Waals surface area (Å²) in [5.41, 5.74) is 3.69. The van der Waals surface area contributed by atoms with Gasteiger partial charge in [-0.3, -0.25) is 11.3 Å².